The fourth-order valence-electron chi connectivity index (χ4n) is 2.05. The summed E-state index contributed by atoms with van der Waals surface area (Å²) >= 11 is 8.32. The van der Waals surface area contributed by atoms with E-state index < -0.39 is 0 Å². The predicted molar refractivity (Wildman–Crippen MR) is 89.3 cm³/mol. The van der Waals surface area contributed by atoms with Crippen LogP contribution < -0.4 is 5.56 Å². The smallest absolute Gasteiger partial charge is 0.261 e. The molecule has 0 spiro atoms. The van der Waals surface area contributed by atoms with Crippen molar-refractivity contribution in [3.8, 4) is 0 Å². The van der Waals surface area contributed by atoms with Gasteiger partial charge in [-0.15, -0.1) is 0 Å². The van der Waals surface area contributed by atoms with Crippen LogP contribution in [0.25, 0.3) is 10.9 Å². The Bertz CT molecular complexity index is 845. The average molecular weight is 397 g/mol. The van der Waals surface area contributed by atoms with Gasteiger partial charge in [-0.05, 0) is 52.4 Å². The zero-order chi connectivity index (χ0) is 14.1. The number of hydrogen-bond donors (Lipinski definition) is 0. The Labute approximate surface area is 134 Å². The number of benzene rings is 2. The molecule has 0 fully saturated rings. The molecule has 1 aromatic heterocycles. The van der Waals surface area contributed by atoms with Crippen LogP contribution in [0.2, 0.25) is 5.02 Å². The maximum Gasteiger partial charge on any atom is 0.261 e. The number of fused-ring (bicyclic) bond motifs is 1. The standard InChI is InChI=1S/C15H10ClIN2O/c16-13-4-2-1-3-10(13)8-19-9-18-14-6-5-11(17)7-12(14)15(19)20/h1-7,9H,8H2. The molecule has 0 aliphatic carbocycles. The van der Waals surface area contributed by atoms with Crippen molar-refractivity contribution in [1.29, 1.82) is 0 Å². The van der Waals surface area contributed by atoms with Crippen molar-refractivity contribution >= 4 is 45.1 Å². The van der Waals surface area contributed by atoms with Gasteiger partial charge in [-0.1, -0.05) is 29.8 Å². The normalized spacial score (nSPS) is 10.9. The minimum absolute atomic E-state index is 0.0477. The minimum atomic E-state index is -0.0477. The second-order valence-electron chi connectivity index (χ2n) is 4.43. The molecule has 2 aromatic carbocycles. The summed E-state index contributed by atoms with van der Waals surface area (Å²) in [5.74, 6) is 0. The van der Waals surface area contributed by atoms with Gasteiger partial charge in [0.15, 0.2) is 0 Å². The molecule has 0 saturated heterocycles. The zero-order valence-electron chi connectivity index (χ0n) is 10.4. The van der Waals surface area contributed by atoms with Crippen molar-refractivity contribution in [2.45, 2.75) is 6.54 Å². The van der Waals surface area contributed by atoms with Crippen molar-refractivity contribution in [1.82, 2.24) is 9.55 Å². The van der Waals surface area contributed by atoms with E-state index in [0.29, 0.717) is 22.5 Å². The first kappa shape index (κ1) is 13.6. The van der Waals surface area contributed by atoms with E-state index >= 15 is 0 Å². The van der Waals surface area contributed by atoms with Gasteiger partial charge in [0.25, 0.3) is 5.56 Å². The van der Waals surface area contributed by atoms with E-state index in [0.717, 1.165) is 9.13 Å². The number of halogens is 2. The summed E-state index contributed by atoms with van der Waals surface area (Å²) in [5.41, 5.74) is 1.57. The number of nitrogens with zero attached hydrogens (tertiary/aromatic N) is 2. The van der Waals surface area contributed by atoms with Gasteiger partial charge < -0.3 is 0 Å². The van der Waals surface area contributed by atoms with E-state index in [2.05, 4.69) is 27.6 Å². The summed E-state index contributed by atoms with van der Waals surface area (Å²) in [6.07, 6.45) is 1.57. The van der Waals surface area contributed by atoms with E-state index in [4.69, 9.17) is 11.6 Å². The van der Waals surface area contributed by atoms with Crippen molar-refractivity contribution < 1.29 is 0 Å². The topological polar surface area (TPSA) is 34.9 Å². The second-order valence-corrected chi connectivity index (χ2v) is 6.08. The van der Waals surface area contributed by atoms with Crippen LogP contribution in [0.5, 0.6) is 0 Å². The highest BCUT2D eigenvalue weighted by atomic mass is 127. The Morgan fingerprint density at radius 3 is 2.80 bits per heavy atom. The molecule has 0 amide bonds. The van der Waals surface area contributed by atoms with Crippen LogP contribution in [0, 0.1) is 3.57 Å². The Hall–Kier alpha value is -1.40. The molecule has 0 aliphatic rings. The zero-order valence-corrected chi connectivity index (χ0v) is 13.3. The van der Waals surface area contributed by atoms with Gasteiger partial charge in [0.05, 0.1) is 23.8 Å². The van der Waals surface area contributed by atoms with Gasteiger partial charge >= 0.3 is 0 Å². The molecule has 0 radical (unpaired) electrons. The summed E-state index contributed by atoms with van der Waals surface area (Å²) in [6.45, 7) is 0.424. The lowest BCUT2D eigenvalue weighted by atomic mass is 10.2. The summed E-state index contributed by atoms with van der Waals surface area (Å²) in [5, 5.41) is 1.29. The Morgan fingerprint density at radius 2 is 2.00 bits per heavy atom. The number of rotatable bonds is 2. The third kappa shape index (κ3) is 2.58. The molecule has 0 unspecified atom stereocenters. The van der Waals surface area contributed by atoms with Gasteiger partial charge in [0.2, 0.25) is 0 Å². The Morgan fingerprint density at radius 1 is 1.20 bits per heavy atom. The summed E-state index contributed by atoms with van der Waals surface area (Å²) in [6, 6.07) is 13.2. The molecular formula is C15H10ClIN2O. The van der Waals surface area contributed by atoms with Crippen LogP contribution in [0.1, 0.15) is 5.56 Å². The monoisotopic (exact) mass is 396 g/mol. The van der Waals surface area contributed by atoms with Crippen molar-refractivity contribution in [2.24, 2.45) is 0 Å². The SMILES string of the molecule is O=c1c2cc(I)ccc2ncn1Cc1ccccc1Cl. The molecule has 0 saturated carbocycles. The molecule has 100 valence electrons. The molecule has 0 aliphatic heterocycles. The lowest BCUT2D eigenvalue weighted by Gasteiger charge is -2.08. The molecule has 20 heavy (non-hydrogen) atoms. The largest absolute Gasteiger partial charge is 0.294 e. The molecule has 3 nitrogen and oxygen atoms in total. The van der Waals surface area contributed by atoms with Gasteiger partial charge in [-0.25, -0.2) is 4.98 Å². The quantitative estimate of drug-likeness (QED) is 0.619. The maximum absolute atomic E-state index is 12.5. The molecule has 0 atom stereocenters. The van der Waals surface area contributed by atoms with Crippen molar-refractivity contribution in [2.75, 3.05) is 0 Å². The van der Waals surface area contributed by atoms with Gasteiger partial charge in [-0.2, -0.15) is 0 Å². The third-order valence-corrected chi connectivity index (χ3v) is 4.12. The molecular weight excluding hydrogens is 387 g/mol. The first-order chi connectivity index (χ1) is 9.65. The van der Waals surface area contributed by atoms with Crippen LogP contribution in [-0.2, 0) is 6.54 Å². The fourth-order valence-corrected chi connectivity index (χ4v) is 2.74. The summed E-state index contributed by atoms with van der Waals surface area (Å²) < 4.78 is 2.60. The average Bonchev–Trinajstić information content (AvgIpc) is 2.45. The lowest BCUT2D eigenvalue weighted by Crippen LogP contribution is -2.21. The van der Waals surface area contributed by atoms with Crippen LogP contribution in [0.3, 0.4) is 0 Å². The van der Waals surface area contributed by atoms with Crippen LogP contribution in [0.4, 0.5) is 0 Å². The lowest BCUT2D eigenvalue weighted by molar-refractivity contribution is 0.748. The Balaban J connectivity index is 2.11. The molecule has 3 rings (SSSR count). The van der Waals surface area contributed by atoms with E-state index in [1.165, 1.54) is 0 Å². The first-order valence-electron chi connectivity index (χ1n) is 6.03. The third-order valence-electron chi connectivity index (χ3n) is 3.08. The van der Waals surface area contributed by atoms with Crippen LogP contribution in [-0.4, -0.2) is 9.55 Å². The highest BCUT2D eigenvalue weighted by Crippen LogP contribution is 2.16. The molecule has 3 aromatic rings. The summed E-state index contributed by atoms with van der Waals surface area (Å²) in [7, 11) is 0. The van der Waals surface area contributed by atoms with E-state index in [1.807, 2.05) is 42.5 Å². The van der Waals surface area contributed by atoms with Crippen molar-refractivity contribution in [3.63, 3.8) is 0 Å². The minimum Gasteiger partial charge on any atom is -0.294 e. The Kier molecular flexibility index (Phi) is 3.76. The maximum atomic E-state index is 12.5. The fraction of sp³-hybridized carbons (Fsp3) is 0.0667. The van der Waals surface area contributed by atoms with Gasteiger partial charge in [0, 0.05) is 8.59 Å². The number of aromatic nitrogens is 2. The molecule has 1 heterocycles. The van der Waals surface area contributed by atoms with E-state index in [-0.39, 0.29) is 5.56 Å². The molecule has 5 heteroatoms. The van der Waals surface area contributed by atoms with Crippen molar-refractivity contribution in [3.05, 3.63) is 73.3 Å². The summed E-state index contributed by atoms with van der Waals surface area (Å²) in [4.78, 5) is 16.8. The molecule has 0 N–H and O–H groups in total. The number of hydrogen-bond acceptors (Lipinski definition) is 2. The second kappa shape index (κ2) is 5.54. The van der Waals surface area contributed by atoms with Crippen LogP contribution >= 0.6 is 34.2 Å². The van der Waals surface area contributed by atoms with E-state index in [9.17, 15) is 4.79 Å². The predicted octanol–water partition coefficient (Wildman–Crippen LogP) is 3.70. The van der Waals surface area contributed by atoms with Gasteiger partial charge in [0.1, 0.15) is 0 Å². The highest BCUT2D eigenvalue weighted by molar-refractivity contribution is 14.1. The first-order valence-corrected chi connectivity index (χ1v) is 7.49. The van der Waals surface area contributed by atoms with E-state index in [1.54, 1.807) is 10.9 Å². The molecule has 0 bridgehead atoms. The van der Waals surface area contributed by atoms with Gasteiger partial charge in [-0.3, -0.25) is 9.36 Å². The van der Waals surface area contributed by atoms with Crippen LogP contribution in [0.15, 0.2) is 53.6 Å². The highest BCUT2D eigenvalue weighted by Gasteiger charge is 2.06.